The fourth-order valence-corrected chi connectivity index (χ4v) is 2.70. The highest BCUT2D eigenvalue weighted by atomic mass is 16.4. The molecular weight excluding hydrogens is 214 g/mol. The Morgan fingerprint density at radius 1 is 1.24 bits per heavy atom. The van der Waals surface area contributed by atoms with Crippen molar-refractivity contribution in [1.82, 2.24) is 15.5 Å². The Balaban J connectivity index is 1.68. The number of aryl methyl sites for hydroxylation is 1. The fraction of sp³-hybridized carbons (Fsp3) is 0.846. The molecule has 2 rings (SSSR count). The van der Waals surface area contributed by atoms with E-state index in [1.165, 1.54) is 38.5 Å². The van der Waals surface area contributed by atoms with E-state index in [-0.39, 0.29) is 0 Å². The van der Waals surface area contributed by atoms with Gasteiger partial charge in [-0.15, -0.1) is 10.2 Å². The van der Waals surface area contributed by atoms with Crippen LogP contribution in [0.1, 0.15) is 57.2 Å². The van der Waals surface area contributed by atoms with E-state index in [4.69, 9.17) is 4.42 Å². The summed E-state index contributed by atoms with van der Waals surface area (Å²) in [6.07, 6.45) is 8.04. The number of aromatic nitrogens is 2. The normalized spacial score (nSPS) is 25.1. The van der Waals surface area contributed by atoms with E-state index in [2.05, 4.69) is 22.4 Å². The molecule has 0 radical (unpaired) electrons. The van der Waals surface area contributed by atoms with Gasteiger partial charge in [-0.05, 0) is 31.6 Å². The maximum absolute atomic E-state index is 5.35. The quantitative estimate of drug-likeness (QED) is 0.855. The summed E-state index contributed by atoms with van der Waals surface area (Å²) in [4.78, 5) is 0. The lowest BCUT2D eigenvalue weighted by atomic mass is 9.83. The zero-order chi connectivity index (χ0) is 12.1. The molecule has 1 N–H and O–H groups in total. The molecule has 1 aromatic rings. The van der Waals surface area contributed by atoms with Crippen LogP contribution in [-0.4, -0.2) is 16.2 Å². The first-order chi connectivity index (χ1) is 8.28. The Morgan fingerprint density at radius 3 is 2.59 bits per heavy atom. The van der Waals surface area contributed by atoms with Crippen LogP contribution < -0.4 is 5.32 Å². The molecule has 0 spiro atoms. The van der Waals surface area contributed by atoms with Crippen LogP contribution in [0.15, 0.2) is 4.42 Å². The molecule has 4 heteroatoms. The van der Waals surface area contributed by atoms with Crippen LogP contribution in [0, 0.1) is 12.8 Å². The number of hydrogen-bond acceptors (Lipinski definition) is 4. The summed E-state index contributed by atoms with van der Waals surface area (Å²) in [5.74, 6) is 2.32. The average molecular weight is 237 g/mol. The zero-order valence-electron chi connectivity index (χ0n) is 10.9. The molecule has 0 bridgehead atoms. The molecule has 1 heterocycles. The van der Waals surface area contributed by atoms with Crippen molar-refractivity contribution >= 4 is 0 Å². The summed E-state index contributed by atoms with van der Waals surface area (Å²) < 4.78 is 5.35. The molecule has 0 amide bonds. The predicted molar refractivity (Wildman–Crippen MR) is 66.5 cm³/mol. The number of rotatable bonds is 5. The highest BCUT2D eigenvalue weighted by molar-refractivity contribution is 4.82. The van der Waals surface area contributed by atoms with Gasteiger partial charge in [-0.25, -0.2) is 0 Å². The Labute approximate surface area is 103 Å². The molecule has 1 aliphatic rings. The molecule has 0 aliphatic heterocycles. The monoisotopic (exact) mass is 237 g/mol. The molecule has 1 aliphatic carbocycles. The molecule has 1 aromatic heterocycles. The Morgan fingerprint density at radius 2 is 2.00 bits per heavy atom. The summed E-state index contributed by atoms with van der Waals surface area (Å²) in [5, 5.41) is 11.3. The van der Waals surface area contributed by atoms with Gasteiger partial charge in [0.15, 0.2) is 0 Å². The van der Waals surface area contributed by atoms with Crippen molar-refractivity contribution in [2.75, 3.05) is 0 Å². The maximum Gasteiger partial charge on any atom is 0.230 e. The first kappa shape index (κ1) is 12.6. The Kier molecular flexibility index (Phi) is 4.54. The molecule has 1 saturated carbocycles. The minimum Gasteiger partial charge on any atom is -0.424 e. The third kappa shape index (κ3) is 3.80. The van der Waals surface area contributed by atoms with E-state index >= 15 is 0 Å². The molecule has 1 fully saturated rings. The van der Waals surface area contributed by atoms with Crippen molar-refractivity contribution in [3.8, 4) is 0 Å². The summed E-state index contributed by atoms with van der Waals surface area (Å²) in [5.41, 5.74) is 0. The molecular formula is C13H23N3O. The van der Waals surface area contributed by atoms with Crippen LogP contribution in [0.2, 0.25) is 0 Å². The van der Waals surface area contributed by atoms with Crippen LogP contribution in [0.4, 0.5) is 0 Å². The van der Waals surface area contributed by atoms with Gasteiger partial charge in [-0.2, -0.15) is 0 Å². The third-order valence-corrected chi connectivity index (χ3v) is 3.65. The van der Waals surface area contributed by atoms with E-state index in [0.717, 1.165) is 5.92 Å². The fourth-order valence-electron chi connectivity index (χ4n) is 2.70. The van der Waals surface area contributed by atoms with Gasteiger partial charge in [-0.3, -0.25) is 0 Å². The minimum atomic E-state index is 0.635. The third-order valence-electron chi connectivity index (χ3n) is 3.65. The standard InChI is InChI=1S/C13H23N3O/c1-3-4-11-5-7-12(8-6-11)14-9-13-16-15-10(2)17-13/h11-12,14H,3-9H2,1-2H3. The average Bonchev–Trinajstić information content (AvgIpc) is 2.75. The van der Waals surface area contributed by atoms with Crippen molar-refractivity contribution in [3.05, 3.63) is 11.8 Å². The van der Waals surface area contributed by atoms with Gasteiger partial charge >= 0.3 is 0 Å². The van der Waals surface area contributed by atoms with Gasteiger partial charge in [0.1, 0.15) is 0 Å². The smallest absolute Gasteiger partial charge is 0.230 e. The van der Waals surface area contributed by atoms with E-state index in [0.29, 0.717) is 24.4 Å². The molecule has 4 nitrogen and oxygen atoms in total. The van der Waals surface area contributed by atoms with Crippen LogP contribution in [0.25, 0.3) is 0 Å². The van der Waals surface area contributed by atoms with E-state index in [9.17, 15) is 0 Å². The molecule has 0 atom stereocenters. The lowest BCUT2D eigenvalue weighted by Crippen LogP contribution is -2.32. The maximum atomic E-state index is 5.35. The predicted octanol–water partition coefficient (Wildman–Crippen LogP) is 2.83. The van der Waals surface area contributed by atoms with Crippen LogP contribution in [0.3, 0.4) is 0 Å². The van der Waals surface area contributed by atoms with Gasteiger partial charge in [0, 0.05) is 13.0 Å². The summed E-state index contributed by atoms with van der Waals surface area (Å²) in [7, 11) is 0. The Hall–Kier alpha value is -0.900. The minimum absolute atomic E-state index is 0.635. The van der Waals surface area contributed by atoms with E-state index in [1.54, 1.807) is 0 Å². The van der Waals surface area contributed by atoms with Crippen molar-refractivity contribution in [3.63, 3.8) is 0 Å². The Bertz CT molecular complexity index is 329. The molecule has 0 saturated heterocycles. The number of nitrogens with one attached hydrogen (secondary N) is 1. The second-order valence-electron chi connectivity index (χ2n) is 5.10. The summed E-state index contributed by atoms with van der Waals surface area (Å²) in [6, 6.07) is 0.635. The highest BCUT2D eigenvalue weighted by Crippen LogP contribution is 2.27. The van der Waals surface area contributed by atoms with Gasteiger partial charge in [0.05, 0.1) is 6.54 Å². The highest BCUT2D eigenvalue weighted by Gasteiger charge is 2.20. The second kappa shape index (κ2) is 6.15. The van der Waals surface area contributed by atoms with E-state index < -0.39 is 0 Å². The number of hydrogen-bond donors (Lipinski definition) is 1. The second-order valence-corrected chi connectivity index (χ2v) is 5.10. The number of nitrogens with zero attached hydrogens (tertiary/aromatic N) is 2. The van der Waals surface area contributed by atoms with Gasteiger partial charge < -0.3 is 9.73 Å². The molecule has 0 aromatic carbocycles. The largest absolute Gasteiger partial charge is 0.424 e. The summed E-state index contributed by atoms with van der Waals surface area (Å²) >= 11 is 0. The first-order valence-electron chi connectivity index (χ1n) is 6.80. The zero-order valence-corrected chi connectivity index (χ0v) is 10.9. The first-order valence-corrected chi connectivity index (χ1v) is 6.80. The van der Waals surface area contributed by atoms with Crippen molar-refractivity contribution in [2.45, 2.75) is 65.0 Å². The van der Waals surface area contributed by atoms with Crippen molar-refractivity contribution in [2.24, 2.45) is 5.92 Å². The van der Waals surface area contributed by atoms with Crippen molar-refractivity contribution in [1.29, 1.82) is 0 Å². The van der Waals surface area contributed by atoms with E-state index in [1.807, 2.05) is 6.92 Å². The molecule has 0 unspecified atom stereocenters. The lowest BCUT2D eigenvalue weighted by molar-refractivity contribution is 0.271. The topological polar surface area (TPSA) is 51.0 Å². The van der Waals surface area contributed by atoms with Crippen LogP contribution in [-0.2, 0) is 6.54 Å². The van der Waals surface area contributed by atoms with Gasteiger partial charge in [0.25, 0.3) is 0 Å². The lowest BCUT2D eigenvalue weighted by Gasteiger charge is -2.28. The van der Waals surface area contributed by atoms with Crippen LogP contribution >= 0.6 is 0 Å². The summed E-state index contributed by atoms with van der Waals surface area (Å²) in [6.45, 7) is 4.82. The molecule has 17 heavy (non-hydrogen) atoms. The molecule has 96 valence electrons. The van der Waals surface area contributed by atoms with Crippen LogP contribution in [0.5, 0.6) is 0 Å². The van der Waals surface area contributed by atoms with Crippen molar-refractivity contribution < 1.29 is 4.42 Å². The van der Waals surface area contributed by atoms with Gasteiger partial charge in [0.2, 0.25) is 11.8 Å². The van der Waals surface area contributed by atoms with Gasteiger partial charge in [-0.1, -0.05) is 19.8 Å². The SMILES string of the molecule is CCCC1CCC(NCc2nnc(C)o2)CC1.